The molecule has 0 bridgehead atoms. The van der Waals surface area contributed by atoms with Crippen LogP contribution in [0.15, 0.2) is 18.7 Å². The van der Waals surface area contributed by atoms with Crippen LogP contribution in [0.1, 0.15) is 6.92 Å². The zero-order chi connectivity index (χ0) is 8.81. The Morgan fingerprint density at radius 1 is 1.75 bits per heavy atom. The van der Waals surface area contributed by atoms with E-state index in [-0.39, 0.29) is 0 Å². The van der Waals surface area contributed by atoms with Gasteiger partial charge in [0.2, 0.25) is 0 Å². The summed E-state index contributed by atoms with van der Waals surface area (Å²) in [6, 6.07) is 2.35. The van der Waals surface area contributed by atoms with E-state index in [9.17, 15) is 0 Å². The standard InChI is InChI=1S/C8H12N4/c1-8(11-3-2-9)6-12-5-4-10-7-12/h4-5,7-8,11H,3,6H2,1H3. The summed E-state index contributed by atoms with van der Waals surface area (Å²) in [7, 11) is 0. The predicted molar refractivity (Wildman–Crippen MR) is 45.3 cm³/mol. The summed E-state index contributed by atoms with van der Waals surface area (Å²) in [4.78, 5) is 3.93. The molecule has 0 amide bonds. The Labute approximate surface area is 71.8 Å². The molecule has 0 spiro atoms. The van der Waals surface area contributed by atoms with E-state index in [4.69, 9.17) is 5.26 Å². The topological polar surface area (TPSA) is 53.6 Å². The van der Waals surface area contributed by atoms with Gasteiger partial charge in [-0.1, -0.05) is 0 Å². The van der Waals surface area contributed by atoms with Crippen molar-refractivity contribution in [2.24, 2.45) is 0 Å². The van der Waals surface area contributed by atoms with E-state index >= 15 is 0 Å². The van der Waals surface area contributed by atoms with Gasteiger partial charge in [0, 0.05) is 25.0 Å². The number of imidazole rings is 1. The molecule has 0 aliphatic rings. The molecule has 0 radical (unpaired) electrons. The molecule has 1 aromatic heterocycles. The van der Waals surface area contributed by atoms with Gasteiger partial charge in [-0.3, -0.25) is 0 Å². The van der Waals surface area contributed by atoms with Gasteiger partial charge < -0.3 is 9.88 Å². The maximum absolute atomic E-state index is 8.31. The van der Waals surface area contributed by atoms with E-state index < -0.39 is 0 Å². The summed E-state index contributed by atoms with van der Waals surface area (Å²) in [6.45, 7) is 3.29. The maximum atomic E-state index is 8.31. The molecule has 0 aliphatic heterocycles. The van der Waals surface area contributed by atoms with Gasteiger partial charge in [-0.2, -0.15) is 5.26 Å². The first-order valence-electron chi connectivity index (χ1n) is 3.89. The van der Waals surface area contributed by atoms with E-state index in [2.05, 4.69) is 10.3 Å². The molecule has 1 unspecified atom stereocenters. The van der Waals surface area contributed by atoms with Crippen molar-refractivity contribution in [3.05, 3.63) is 18.7 Å². The Morgan fingerprint density at radius 3 is 3.17 bits per heavy atom. The van der Waals surface area contributed by atoms with Crippen LogP contribution in [0.3, 0.4) is 0 Å². The molecule has 64 valence electrons. The summed E-state index contributed by atoms with van der Waals surface area (Å²) in [5, 5.41) is 11.4. The molecule has 12 heavy (non-hydrogen) atoms. The fourth-order valence-corrected chi connectivity index (χ4v) is 0.995. The highest BCUT2D eigenvalue weighted by molar-refractivity contribution is 4.79. The molecule has 1 heterocycles. The highest BCUT2D eigenvalue weighted by atomic mass is 15.1. The molecule has 0 saturated carbocycles. The second-order valence-electron chi connectivity index (χ2n) is 2.70. The Bertz CT molecular complexity index is 247. The molecule has 0 fully saturated rings. The van der Waals surface area contributed by atoms with E-state index in [1.54, 1.807) is 12.5 Å². The molecule has 0 aliphatic carbocycles. The van der Waals surface area contributed by atoms with Gasteiger partial charge in [-0.05, 0) is 6.92 Å². The highest BCUT2D eigenvalue weighted by Gasteiger charge is 1.99. The lowest BCUT2D eigenvalue weighted by Gasteiger charge is -2.11. The van der Waals surface area contributed by atoms with Crippen molar-refractivity contribution in [3.63, 3.8) is 0 Å². The average Bonchev–Trinajstić information content (AvgIpc) is 2.53. The van der Waals surface area contributed by atoms with Gasteiger partial charge in [-0.15, -0.1) is 0 Å². The van der Waals surface area contributed by atoms with Crippen molar-refractivity contribution < 1.29 is 0 Å². The number of nitrogens with zero attached hydrogens (tertiary/aromatic N) is 3. The van der Waals surface area contributed by atoms with Crippen LogP contribution < -0.4 is 5.32 Å². The quantitative estimate of drug-likeness (QED) is 0.655. The van der Waals surface area contributed by atoms with Crippen LogP contribution in [0.5, 0.6) is 0 Å². The SMILES string of the molecule is CC(Cn1ccnc1)NCC#N. The van der Waals surface area contributed by atoms with Gasteiger partial charge in [0.25, 0.3) is 0 Å². The third kappa shape index (κ3) is 2.72. The van der Waals surface area contributed by atoms with Gasteiger partial charge in [-0.25, -0.2) is 4.98 Å². The van der Waals surface area contributed by atoms with E-state index in [1.807, 2.05) is 23.8 Å². The zero-order valence-electron chi connectivity index (χ0n) is 7.07. The number of hydrogen-bond acceptors (Lipinski definition) is 3. The van der Waals surface area contributed by atoms with Gasteiger partial charge >= 0.3 is 0 Å². The number of nitriles is 1. The second kappa shape index (κ2) is 4.52. The van der Waals surface area contributed by atoms with E-state index in [0.29, 0.717) is 12.6 Å². The van der Waals surface area contributed by atoms with Crippen LogP contribution in [-0.2, 0) is 6.54 Å². The van der Waals surface area contributed by atoms with E-state index in [0.717, 1.165) is 6.54 Å². The number of hydrogen-bond donors (Lipinski definition) is 1. The van der Waals surface area contributed by atoms with Crippen LogP contribution in [-0.4, -0.2) is 22.1 Å². The molecule has 0 aromatic carbocycles. The molecular weight excluding hydrogens is 152 g/mol. The lowest BCUT2D eigenvalue weighted by Crippen LogP contribution is -2.30. The van der Waals surface area contributed by atoms with E-state index in [1.165, 1.54) is 0 Å². The first-order valence-corrected chi connectivity index (χ1v) is 3.89. The van der Waals surface area contributed by atoms with Gasteiger partial charge in [0.05, 0.1) is 18.9 Å². The minimum atomic E-state index is 0.304. The maximum Gasteiger partial charge on any atom is 0.0946 e. The normalized spacial score (nSPS) is 12.3. The van der Waals surface area contributed by atoms with Gasteiger partial charge in [0.15, 0.2) is 0 Å². The lowest BCUT2D eigenvalue weighted by atomic mass is 10.3. The average molecular weight is 164 g/mol. The largest absolute Gasteiger partial charge is 0.336 e. The fourth-order valence-electron chi connectivity index (χ4n) is 0.995. The third-order valence-electron chi connectivity index (χ3n) is 1.57. The van der Waals surface area contributed by atoms with Crippen molar-refractivity contribution in [2.75, 3.05) is 6.54 Å². The van der Waals surface area contributed by atoms with Crippen molar-refractivity contribution in [3.8, 4) is 6.07 Å². The minimum absolute atomic E-state index is 0.304. The van der Waals surface area contributed by atoms with Crippen molar-refractivity contribution in [1.29, 1.82) is 5.26 Å². The number of rotatable bonds is 4. The van der Waals surface area contributed by atoms with Crippen molar-refractivity contribution in [2.45, 2.75) is 19.5 Å². The molecule has 4 heteroatoms. The molecule has 1 atom stereocenters. The first kappa shape index (κ1) is 8.75. The Hall–Kier alpha value is -1.34. The number of aromatic nitrogens is 2. The van der Waals surface area contributed by atoms with Crippen molar-refractivity contribution in [1.82, 2.24) is 14.9 Å². The lowest BCUT2D eigenvalue weighted by molar-refractivity contribution is 0.500. The Morgan fingerprint density at radius 2 is 2.58 bits per heavy atom. The zero-order valence-corrected chi connectivity index (χ0v) is 7.07. The monoisotopic (exact) mass is 164 g/mol. The van der Waals surface area contributed by atoms with Crippen LogP contribution in [0.2, 0.25) is 0 Å². The number of nitrogens with one attached hydrogen (secondary N) is 1. The van der Waals surface area contributed by atoms with Crippen LogP contribution in [0.4, 0.5) is 0 Å². The summed E-state index contributed by atoms with van der Waals surface area (Å²) in [6.07, 6.45) is 5.42. The van der Waals surface area contributed by atoms with Crippen LogP contribution >= 0.6 is 0 Å². The van der Waals surface area contributed by atoms with Crippen LogP contribution in [0, 0.1) is 11.3 Å². The molecule has 1 aromatic rings. The van der Waals surface area contributed by atoms with Crippen molar-refractivity contribution >= 4 is 0 Å². The smallest absolute Gasteiger partial charge is 0.0946 e. The predicted octanol–water partition coefficient (Wildman–Crippen LogP) is 0.385. The summed E-state index contributed by atoms with van der Waals surface area (Å²) in [5.74, 6) is 0. The third-order valence-corrected chi connectivity index (χ3v) is 1.57. The molecule has 4 nitrogen and oxygen atoms in total. The first-order chi connectivity index (χ1) is 5.83. The Balaban J connectivity index is 2.28. The molecule has 1 N–H and O–H groups in total. The molecule has 0 saturated heterocycles. The summed E-state index contributed by atoms with van der Waals surface area (Å²) < 4.78 is 1.98. The molecular formula is C8H12N4. The molecule has 1 rings (SSSR count). The van der Waals surface area contributed by atoms with Gasteiger partial charge in [0.1, 0.15) is 0 Å². The Kier molecular flexibility index (Phi) is 3.30. The summed E-state index contributed by atoms with van der Waals surface area (Å²) in [5.41, 5.74) is 0. The second-order valence-corrected chi connectivity index (χ2v) is 2.70. The fraction of sp³-hybridized carbons (Fsp3) is 0.500. The highest BCUT2D eigenvalue weighted by Crippen LogP contribution is 1.90. The minimum Gasteiger partial charge on any atom is -0.336 e. The summed E-state index contributed by atoms with van der Waals surface area (Å²) >= 11 is 0. The van der Waals surface area contributed by atoms with Crippen LogP contribution in [0.25, 0.3) is 0 Å².